The summed E-state index contributed by atoms with van der Waals surface area (Å²) in [7, 11) is -0.873. The van der Waals surface area contributed by atoms with Crippen molar-refractivity contribution in [2.45, 2.75) is 50.7 Å². The summed E-state index contributed by atoms with van der Waals surface area (Å²) in [6, 6.07) is 12.0. The number of hydrogen-bond donors (Lipinski definition) is 2. The van der Waals surface area contributed by atoms with Gasteiger partial charge in [-0.3, -0.25) is 9.59 Å². The summed E-state index contributed by atoms with van der Waals surface area (Å²) in [5, 5.41) is 15.0. The quantitative estimate of drug-likeness (QED) is 0.550. The van der Waals surface area contributed by atoms with Gasteiger partial charge in [0.25, 0.3) is 5.91 Å². The standard InChI is InChI=1S/C27H36ClN3O5S/c1-18(2)23(29-24(32)19-8-7-9-22(16-19)37(35,36)30(5)6)25(33)31-15-14-27(34,26(3,4)17-31)20-10-12-21(28)13-11-20/h7-13,16,18,23,34H,14-15,17H2,1-6H3,(H,29,32)/t23-,27+/m1/s1. The van der Waals surface area contributed by atoms with Gasteiger partial charge in [-0.05, 0) is 48.2 Å². The highest BCUT2D eigenvalue weighted by molar-refractivity contribution is 7.89. The Labute approximate surface area is 224 Å². The molecule has 2 aromatic carbocycles. The van der Waals surface area contributed by atoms with Gasteiger partial charge in [0.1, 0.15) is 6.04 Å². The molecular weight excluding hydrogens is 514 g/mol. The van der Waals surface area contributed by atoms with Gasteiger partial charge in [-0.1, -0.05) is 57.5 Å². The van der Waals surface area contributed by atoms with E-state index in [0.29, 0.717) is 24.5 Å². The maximum absolute atomic E-state index is 13.6. The zero-order chi connectivity index (χ0) is 27.8. The molecular formula is C27H36ClN3O5S. The normalized spacial score (nSPS) is 20.6. The molecule has 0 saturated carbocycles. The van der Waals surface area contributed by atoms with Crippen LogP contribution in [-0.2, 0) is 20.4 Å². The van der Waals surface area contributed by atoms with Crippen LogP contribution in [0.3, 0.4) is 0 Å². The monoisotopic (exact) mass is 549 g/mol. The zero-order valence-electron chi connectivity index (χ0n) is 22.2. The first-order chi connectivity index (χ1) is 17.1. The number of likely N-dealkylation sites (tertiary alicyclic amines) is 1. The fourth-order valence-electron chi connectivity index (χ4n) is 4.71. The third kappa shape index (κ3) is 5.85. The predicted octanol–water partition coefficient (Wildman–Crippen LogP) is 3.49. The molecule has 0 unspecified atom stereocenters. The van der Waals surface area contributed by atoms with E-state index in [0.717, 1.165) is 9.87 Å². The topological polar surface area (TPSA) is 107 Å². The van der Waals surface area contributed by atoms with Crippen molar-refractivity contribution in [2.24, 2.45) is 11.3 Å². The Hall–Kier alpha value is -2.46. The molecule has 10 heteroatoms. The van der Waals surface area contributed by atoms with Crippen LogP contribution in [0, 0.1) is 11.3 Å². The van der Waals surface area contributed by atoms with Crippen molar-refractivity contribution in [2.75, 3.05) is 27.2 Å². The van der Waals surface area contributed by atoms with Gasteiger partial charge < -0.3 is 15.3 Å². The van der Waals surface area contributed by atoms with Gasteiger partial charge in [-0.2, -0.15) is 0 Å². The van der Waals surface area contributed by atoms with Crippen molar-refractivity contribution < 1.29 is 23.1 Å². The molecule has 1 fully saturated rings. The molecule has 1 aliphatic rings. The van der Waals surface area contributed by atoms with Gasteiger partial charge in [0.2, 0.25) is 15.9 Å². The number of nitrogens with one attached hydrogen (secondary N) is 1. The highest BCUT2D eigenvalue weighted by Crippen LogP contribution is 2.46. The second kappa shape index (κ2) is 10.7. The van der Waals surface area contributed by atoms with Gasteiger partial charge in [0.15, 0.2) is 0 Å². The summed E-state index contributed by atoms with van der Waals surface area (Å²) in [4.78, 5) is 28.4. The van der Waals surface area contributed by atoms with E-state index in [-0.39, 0.29) is 22.3 Å². The van der Waals surface area contributed by atoms with Gasteiger partial charge in [-0.25, -0.2) is 12.7 Å². The number of carbonyl (C=O) groups excluding carboxylic acids is 2. The van der Waals surface area contributed by atoms with Crippen LogP contribution in [0.4, 0.5) is 0 Å². The molecule has 2 N–H and O–H groups in total. The van der Waals surface area contributed by atoms with Crippen molar-refractivity contribution in [3.8, 4) is 0 Å². The lowest BCUT2D eigenvalue weighted by atomic mass is 9.66. The van der Waals surface area contributed by atoms with Gasteiger partial charge in [0, 0.05) is 43.2 Å². The average Bonchev–Trinajstić information content (AvgIpc) is 2.83. The number of benzene rings is 2. The summed E-state index contributed by atoms with van der Waals surface area (Å²) in [5.41, 5.74) is -0.925. The second-order valence-electron chi connectivity index (χ2n) is 10.8. The van der Waals surface area contributed by atoms with Crippen LogP contribution in [0.1, 0.15) is 50.0 Å². The van der Waals surface area contributed by atoms with Crippen LogP contribution in [0.2, 0.25) is 5.02 Å². The number of hydrogen-bond acceptors (Lipinski definition) is 5. The maximum atomic E-state index is 13.6. The number of rotatable bonds is 7. The van der Waals surface area contributed by atoms with Crippen molar-refractivity contribution in [1.29, 1.82) is 0 Å². The minimum atomic E-state index is -3.71. The van der Waals surface area contributed by atoms with Crippen LogP contribution in [0.15, 0.2) is 53.4 Å². The molecule has 37 heavy (non-hydrogen) atoms. The lowest BCUT2D eigenvalue weighted by Crippen LogP contribution is -2.60. The van der Waals surface area contributed by atoms with Crippen LogP contribution in [0.5, 0.6) is 0 Å². The molecule has 0 aliphatic carbocycles. The van der Waals surface area contributed by atoms with E-state index < -0.39 is 33.0 Å². The Balaban J connectivity index is 1.79. The number of sulfonamides is 1. The summed E-state index contributed by atoms with van der Waals surface area (Å²) in [6.07, 6.45) is 0.330. The highest BCUT2D eigenvalue weighted by Gasteiger charge is 2.50. The van der Waals surface area contributed by atoms with Gasteiger partial charge in [-0.15, -0.1) is 0 Å². The smallest absolute Gasteiger partial charge is 0.251 e. The molecule has 1 saturated heterocycles. The first-order valence-corrected chi connectivity index (χ1v) is 14.0. The van der Waals surface area contributed by atoms with E-state index >= 15 is 0 Å². The maximum Gasteiger partial charge on any atom is 0.251 e. The molecule has 0 bridgehead atoms. The van der Waals surface area contributed by atoms with Crippen molar-refractivity contribution >= 4 is 33.4 Å². The van der Waals surface area contributed by atoms with Crippen LogP contribution in [0.25, 0.3) is 0 Å². The number of amides is 2. The average molecular weight is 550 g/mol. The molecule has 1 heterocycles. The predicted molar refractivity (Wildman–Crippen MR) is 144 cm³/mol. The fraction of sp³-hybridized carbons (Fsp3) is 0.481. The number of nitrogens with zero attached hydrogens (tertiary/aromatic N) is 2. The minimum Gasteiger partial charge on any atom is -0.384 e. The lowest BCUT2D eigenvalue weighted by molar-refractivity contribution is -0.155. The van der Waals surface area contributed by atoms with E-state index in [1.807, 2.05) is 39.8 Å². The van der Waals surface area contributed by atoms with Gasteiger partial charge in [0.05, 0.1) is 10.5 Å². The molecule has 0 spiro atoms. The molecule has 8 nitrogen and oxygen atoms in total. The van der Waals surface area contributed by atoms with E-state index in [1.165, 1.54) is 38.4 Å². The third-order valence-electron chi connectivity index (χ3n) is 7.18. The fourth-order valence-corrected chi connectivity index (χ4v) is 5.79. The zero-order valence-corrected chi connectivity index (χ0v) is 23.7. The molecule has 1 aliphatic heterocycles. The SMILES string of the molecule is CC(C)[C@@H](NC(=O)c1cccc(S(=O)(=O)N(C)C)c1)C(=O)N1CC[C@](O)(c2ccc(Cl)cc2)C(C)(C)C1. The van der Waals surface area contributed by atoms with Crippen molar-refractivity contribution in [3.05, 3.63) is 64.7 Å². The molecule has 3 rings (SSSR count). The summed E-state index contributed by atoms with van der Waals surface area (Å²) in [5.74, 6) is -0.992. The number of halogens is 1. The molecule has 2 amide bonds. The van der Waals surface area contributed by atoms with Crippen LogP contribution in [-0.4, -0.2) is 67.8 Å². The first kappa shape index (κ1) is 29.1. The van der Waals surface area contributed by atoms with Gasteiger partial charge >= 0.3 is 0 Å². The molecule has 2 atom stereocenters. The lowest BCUT2D eigenvalue weighted by Gasteiger charge is -2.51. The number of piperidine rings is 1. The van der Waals surface area contributed by atoms with Crippen molar-refractivity contribution in [1.82, 2.24) is 14.5 Å². The molecule has 2 aromatic rings. The third-order valence-corrected chi connectivity index (χ3v) is 9.24. The summed E-state index contributed by atoms with van der Waals surface area (Å²) in [6.45, 7) is 8.13. The van der Waals surface area contributed by atoms with E-state index in [2.05, 4.69) is 5.32 Å². The number of aliphatic hydroxyl groups is 1. The molecule has 0 radical (unpaired) electrons. The Kier molecular flexibility index (Phi) is 8.44. The second-order valence-corrected chi connectivity index (χ2v) is 13.4. The Morgan fingerprint density at radius 1 is 1.11 bits per heavy atom. The Bertz CT molecular complexity index is 1260. The number of carbonyl (C=O) groups is 2. The van der Waals surface area contributed by atoms with Crippen LogP contribution >= 0.6 is 11.6 Å². The Morgan fingerprint density at radius 3 is 2.27 bits per heavy atom. The van der Waals surface area contributed by atoms with Crippen LogP contribution < -0.4 is 5.32 Å². The largest absolute Gasteiger partial charge is 0.384 e. The summed E-state index contributed by atoms with van der Waals surface area (Å²) < 4.78 is 26.1. The minimum absolute atomic E-state index is 0.00293. The molecule has 0 aromatic heterocycles. The molecule has 202 valence electrons. The van der Waals surface area contributed by atoms with E-state index in [9.17, 15) is 23.1 Å². The Morgan fingerprint density at radius 2 is 1.73 bits per heavy atom. The first-order valence-electron chi connectivity index (χ1n) is 12.2. The van der Waals surface area contributed by atoms with Crippen molar-refractivity contribution in [3.63, 3.8) is 0 Å². The highest BCUT2D eigenvalue weighted by atomic mass is 35.5. The van der Waals surface area contributed by atoms with E-state index in [1.54, 1.807) is 17.0 Å². The summed E-state index contributed by atoms with van der Waals surface area (Å²) >= 11 is 6.03. The van der Waals surface area contributed by atoms with E-state index in [4.69, 9.17) is 11.6 Å².